The van der Waals surface area contributed by atoms with Crippen LogP contribution in [-0.4, -0.2) is 31.5 Å². The zero-order valence-electron chi connectivity index (χ0n) is 14.1. The minimum absolute atomic E-state index is 0.172. The Morgan fingerprint density at radius 3 is 2.44 bits per heavy atom. The van der Waals surface area contributed by atoms with Gasteiger partial charge in [-0.1, -0.05) is 0 Å². The van der Waals surface area contributed by atoms with E-state index in [0.717, 1.165) is 22.7 Å². The summed E-state index contributed by atoms with van der Waals surface area (Å²) < 4.78 is 10.1. The monoisotopic (exact) mass is 394 g/mol. The standard InChI is InChI=1S/C21H18N2OSe/c1-15-12-13-23-19(14-15)22-20(16-8-10-17(24-2)11-9-16)21(23)25-18-6-4-3-5-7-18/h3-14H,1-2H3. The van der Waals surface area contributed by atoms with Crippen LogP contribution in [0.3, 0.4) is 0 Å². The molecule has 0 unspecified atom stereocenters. The maximum atomic E-state index is 5.28. The van der Waals surface area contributed by atoms with Gasteiger partial charge in [-0.15, -0.1) is 0 Å². The molecule has 0 aliphatic heterocycles. The Balaban J connectivity index is 1.87. The normalized spacial score (nSPS) is 11.0. The Hall–Kier alpha value is -2.55. The fraction of sp³-hybridized carbons (Fsp3) is 0.0952. The molecule has 4 heteroatoms. The number of hydrogen-bond acceptors (Lipinski definition) is 2. The van der Waals surface area contributed by atoms with Gasteiger partial charge in [0, 0.05) is 0 Å². The zero-order chi connectivity index (χ0) is 17.2. The molecule has 0 aliphatic carbocycles. The van der Waals surface area contributed by atoms with Crippen molar-refractivity contribution in [1.82, 2.24) is 9.38 Å². The van der Waals surface area contributed by atoms with Crippen molar-refractivity contribution in [3.8, 4) is 17.0 Å². The Labute approximate surface area is 153 Å². The first-order valence-electron chi connectivity index (χ1n) is 8.10. The van der Waals surface area contributed by atoms with Crippen LogP contribution in [-0.2, 0) is 0 Å². The maximum absolute atomic E-state index is 5.28. The third-order valence-electron chi connectivity index (χ3n) is 4.06. The Morgan fingerprint density at radius 2 is 1.72 bits per heavy atom. The van der Waals surface area contributed by atoms with Gasteiger partial charge in [0.05, 0.1) is 0 Å². The molecule has 4 aromatic rings. The van der Waals surface area contributed by atoms with Gasteiger partial charge in [0.1, 0.15) is 0 Å². The SMILES string of the molecule is COc1ccc(-c2nc3cc(C)ccn3c2[Se]c2ccccc2)cc1. The summed E-state index contributed by atoms with van der Waals surface area (Å²) in [7, 11) is 1.69. The van der Waals surface area contributed by atoms with E-state index in [0.29, 0.717) is 0 Å². The summed E-state index contributed by atoms with van der Waals surface area (Å²) in [4.78, 5) is 4.93. The number of methoxy groups -OCH3 is 1. The van der Waals surface area contributed by atoms with Crippen LogP contribution in [0.5, 0.6) is 5.75 Å². The second-order valence-corrected chi connectivity index (χ2v) is 8.07. The van der Waals surface area contributed by atoms with Gasteiger partial charge >= 0.3 is 153 Å². The third-order valence-corrected chi connectivity index (χ3v) is 6.35. The van der Waals surface area contributed by atoms with Crippen LogP contribution >= 0.6 is 0 Å². The number of imidazole rings is 1. The number of fused-ring (bicyclic) bond motifs is 1. The number of nitrogens with zero attached hydrogens (tertiary/aromatic N) is 2. The molecule has 0 fully saturated rings. The van der Waals surface area contributed by atoms with E-state index < -0.39 is 0 Å². The average Bonchev–Trinajstić information content (AvgIpc) is 3.00. The minimum atomic E-state index is 0.172. The molecule has 0 N–H and O–H groups in total. The van der Waals surface area contributed by atoms with Gasteiger partial charge in [0.2, 0.25) is 0 Å². The topological polar surface area (TPSA) is 26.5 Å². The molecule has 0 spiro atoms. The number of pyridine rings is 1. The van der Waals surface area contributed by atoms with Crippen molar-refractivity contribution in [1.29, 1.82) is 0 Å². The van der Waals surface area contributed by atoms with Crippen LogP contribution in [0.25, 0.3) is 16.9 Å². The van der Waals surface area contributed by atoms with Crippen LogP contribution in [0.1, 0.15) is 5.56 Å². The molecule has 0 amide bonds. The predicted octanol–water partition coefficient (Wildman–Crippen LogP) is 2.97. The molecule has 2 aromatic carbocycles. The van der Waals surface area contributed by atoms with Crippen LogP contribution < -0.4 is 13.8 Å². The van der Waals surface area contributed by atoms with E-state index in [4.69, 9.17) is 9.72 Å². The van der Waals surface area contributed by atoms with Crippen molar-refractivity contribution in [2.24, 2.45) is 0 Å². The van der Waals surface area contributed by atoms with Gasteiger partial charge in [0.25, 0.3) is 0 Å². The molecule has 0 saturated carbocycles. The second-order valence-electron chi connectivity index (χ2n) is 5.84. The number of rotatable bonds is 4. The molecule has 0 radical (unpaired) electrons. The summed E-state index contributed by atoms with van der Waals surface area (Å²) in [6, 6.07) is 23.0. The summed E-state index contributed by atoms with van der Waals surface area (Å²) in [5.74, 6) is 0.860. The van der Waals surface area contributed by atoms with Crippen molar-refractivity contribution in [2.75, 3.05) is 7.11 Å². The molecule has 0 bridgehead atoms. The van der Waals surface area contributed by atoms with E-state index in [2.05, 4.69) is 72.1 Å². The molecular weight excluding hydrogens is 375 g/mol. The molecule has 0 aliphatic rings. The number of benzene rings is 2. The van der Waals surface area contributed by atoms with E-state index in [1.54, 1.807) is 7.11 Å². The van der Waals surface area contributed by atoms with E-state index >= 15 is 0 Å². The summed E-state index contributed by atoms with van der Waals surface area (Å²) in [5, 5.41) is 0. The van der Waals surface area contributed by atoms with Crippen LogP contribution in [0.2, 0.25) is 0 Å². The fourth-order valence-electron chi connectivity index (χ4n) is 2.76. The van der Waals surface area contributed by atoms with Crippen LogP contribution in [0.15, 0.2) is 72.9 Å². The van der Waals surface area contributed by atoms with Crippen molar-refractivity contribution in [3.63, 3.8) is 0 Å². The number of aromatic nitrogens is 2. The molecular formula is C21H18N2OSe. The van der Waals surface area contributed by atoms with Gasteiger partial charge in [-0.3, -0.25) is 0 Å². The number of ether oxygens (including phenoxy) is 1. The predicted molar refractivity (Wildman–Crippen MR) is 103 cm³/mol. The van der Waals surface area contributed by atoms with Gasteiger partial charge < -0.3 is 0 Å². The molecule has 0 saturated heterocycles. The molecule has 25 heavy (non-hydrogen) atoms. The second kappa shape index (κ2) is 6.75. The summed E-state index contributed by atoms with van der Waals surface area (Å²) in [6.45, 7) is 2.10. The van der Waals surface area contributed by atoms with Crippen molar-refractivity contribution in [3.05, 3.63) is 78.5 Å². The summed E-state index contributed by atoms with van der Waals surface area (Å²) in [5.41, 5.74) is 4.39. The van der Waals surface area contributed by atoms with Crippen LogP contribution in [0, 0.1) is 6.92 Å². The summed E-state index contributed by atoms with van der Waals surface area (Å²) >= 11 is 0.172. The number of hydrogen-bond donors (Lipinski definition) is 0. The van der Waals surface area contributed by atoms with E-state index in [-0.39, 0.29) is 15.0 Å². The molecule has 0 atom stereocenters. The van der Waals surface area contributed by atoms with E-state index in [9.17, 15) is 0 Å². The van der Waals surface area contributed by atoms with Crippen molar-refractivity contribution < 1.29 is 4.74 Å². The third kappa shape index (κ3) is 3.19. The van der Waals surface area contributed by atoms with Crippen LogP contribution in [0.4, 0.5) is 0 Å². The fourth-order valence-corrected chi connectivity index (χ4v) is 4.92. The number of aryl methyl sites for hydroxylation is 1. The molecule has 4 rings (SSSR count). The first kappa shape index (κ1) is 15.9. The van der Waals surface area contributed by atoms with E-state index in [1.807, 2.05) is 12.1 Å². The average molecular weight is 393 g/mol. The summed E-state index contributed by atoms with van der Waals surface area (Å²) in [6.07, 6.45) is 2.13. The first-order valence-corrected chi connectivity index (χ1v) is 9.82. The zero-order valence-corrected chi connectivity index (χ0v) is 15.9. The molecule has 124 valence electrons. The molecule has 3 nitrogen and oxygen atoms in total. The quantitative estimate of drug-likeness (QED) is 0.499. The van der Waals surface area contributed by atoms with E-state index in [1.165, 1.54) is 14.6 Å². The molecule has 2 heterocycles. The Bertz CT molecular complexity index is 1010. The van der Waals surface area contributed by atoms with Crippen molar-refractivity contribution >= 4 is 29.7 Å². The van der Waals surface area contributed by atoms with Gasteiger partial charge in [-0.05, 0) is 0 Å². The first-order chi connectivity index (χ1) is 12.2. The van der Waals surface area contributed by atoms with Gasteiger partial charge in [0.15, 0.2) is 0 Å². The molecule has 2 aromatic heterocycles. The Morgan fingerprint density at radius 1 is 0.960 bits per heavy atom. The van der Waals surface area contributed by atoms with Gasteiger partial charge in [-0.25, -0.2) is 0 Å². The Kier molecular flexibility index (Phi) is 4.31. The van der Waals surface area contributed by atoms with Gasteiger partial charge in [-0.2, -0.15) is 0 Å². The van der Waals surface area contributed by atoms with Crippen molar-refractivity contribution in [2.45, 2.75) is 6.92 Å².